The summed E-state index contributed by atoms with van der Waals surface area (Å²) in [5.41, 5.74) is 0.987. The molecule has 0 radical (unpaired) electrons. The summed E-state index contributed by atoms with van der Waals surface area (Å²) in [6, 6.07) is 5.44. The van der Waals surface area contributed by atoms with Crippen LogP contribution >= 0.6 is 22.7 Å². The molecule has 0 bridgehead atoms. The van der Waals surface area contributed by atoms with Crippen molar-refractivity contribution in [3.8, 4) is 0 Å². The molecule has 1 atom stereocenters. The maximum Gasteiger partial charge on any atom is 0.250 e. The van der Waals surface area contributed by atoms with Crippen LogP contribution in [0.2, 0.25) is 0 Å². The maximum atomic E-state index is 12.2. The molecule has 0 amide bonds. The average molecular weight is 331 g/mol. The molecule has 0 unspecified atom stereocenters. The van der Waals surface area contributed by atoms with Gasteiger partial charge < -0.3 is 4.74 Å². The molecule has 2 aromatic rings. The van der Waals surface area contributed by atoms with E-state index in [1.807, 2.05) is 29.8 Å². The van der Waals surface area contributed by atoms with Crippen LogP contribution in [0.15, 0.2) is 33.2 Å². The molecule has 0 aromatic carbocycles. The molecule has 0 fully saturated rings. The number of rotatable bonds is 7. The van der Waals surface area contributed by atoms with E-state index in [4.69, 9.17) is 4.74 Å². The molecule has 7 heteroatoms. The van der Waals surface area contributed by atoms with Gasteiger partial charge in [-0.15, -0.1) is 11.3 Å². The number of ether oxygens (including phenoxy) is 1. The van der Waals surface area contributed by atoms with E-state index in [1.54, 1.807) is 24.5 Å². The van der Waals surface area contributed by atoms with Gasteiger partial charge in [-0.1, -0.05) is 6.92 Å². The van der Waals surface area contributed by atoms with Crippen molar-refractivity contribution in [2.24, 2.45) is 0 Å². The van der Waals surface area contributed by atoms with Crippen molar-refractivity contribution >= 4 is 32.7 Å². The number of thiophene rings is 2. The lowest BCUT2D eigenvalue weighted by Crippen LogP contribution is -2.28. The predicted molar refractivity (Wildman–Crippen MR) is 83.0 cm³/mol. The molecule has 0 aliphatic heterocycles. The third kappa shape index (κ3) is 3.67. The van der Waals surface area contributed by atoms with Crippen molar-refractivity contribution in [2.75, 3.05) is 13.7 Å². The van der Waals surface area contributed by atoms with Gasteiger partial charge in [0.25, 0.3) is 0 Å². The Kier molecular flexibility index (Phi) is 5.34. The Morgan fingerprint density at radius 3 is 2.70 bits per heavy atom. The van der Waals surface area contributed by atoms with Crippen LogP contribution in [0.1, 0.15) is 23.5 Å². The summed E-state index contributed by atoms with van der Waals surface area (Å²) in [5.74, 6) is 0. The Hall–Kier alpha value is -0.730. The fourth-order valence-electron chi connectivity index (χ4n) is 1.74. The average Bonchev–Trinajstić information content (AvgIpc) is 3.11. The van der Waals surface area contributed by atoms with Gasteiger partial charge in [0.1, 0.15) is 4.21 Å². The Balaban J connectivity index is 2.05. The number of sulfonamides is 1. The van der Waals surface area contributed by atoms with Crippen LogP contribution in [0.5, 0.6) is 0 Å². The normalized spacial score (nSPS) is 13.5. The molecule has 2 aromatic heterocycles. The fraction of sp³-hybridized carbons (Fsp3) is 0.385. The molecular weight excluding hydrogens is 314 g/mol. The topological polar surface area (TPSA) is 55.4 Å². The van der Waals surface area contributed by atoms with Gasteiger partial charge in [-0.2, -0.15) is 11.3 Å². The summed E-state index contributed by atoms with van der Waals surface area (Å²) in [6.45, 7) is 2.24. The van der Waals surface area contributed by atoms with Crippen LogP contribution in [0, 0.1) is 0 Å². The molecule has 110 valence electrons. The van der Waals surface area contributed by atoms with E-state index < -0.39 is 10.0 Å². The molecule has 1 N–H and O–H groups in total. The second kappa shape index (κ2) is 6.82. The number of hydrogen-bond donors (Lipinski definition) is 1. The Morgan fingerprint density at radius 1 is 1.35 bits per heavy atom. The molecule has 0 spiro atoms. The first-order chi connectivity index (χ1) is 9.56. The van der Waals surface area contributed by atoms with Gasteiger partial charge in [0, 0.05) is 18.5 Å². The van der Waals surface area contributed by atoms with Gasteiger partial charge in [-0.05, 0) is 40.9 Å². The summed E-state index contributed by atoms with van der Waals surface area (Å²) in [5, 5.41) is 3.91. The number of hydrogen-bond acceptors (Lipinski definition) is 5. The summed E-state index contributed by atoms with van der Waals surface area (Å²) in [4.78, 5) is 1.06. The predicted octanol–water partition coefficient (Wildman–Crippen LogP) is 3.04. The van der Waals surface area contributed by atoms with Crippen LogP contribution in [0.25, 0.3) is 0 Å². The smallest absolute Gasteiger partial charge is 0.250 e. The Labute approximate surface area is 127 Å². The third-order valence-electron chi connectivity index (χ3n) is 2.91. The van der Waals surface area contributed by atoms with E-state index in [0.717, 1.165) is 16.9 Å². The van der Waals surface area contributed by atoms with Crippen molar-refractivity contribution in [3.63, 3.8) is 0 Å². The first-order valence-electron chi connectivity index (χ1n) is 6.20. The van der Waals surface area contributed by atoms with Crippen LogP contribution in [-0.2, 0) is 21.2 Å². The second-order valence-corrected chi connectivity index (χ2v) is 8.15. The zero-order valence-electron chi connectivity index (χ0n) is 11.3. The minimum Gasteiger partial charge on any atom is -0.375 e. The monoisotopic (exact) mass is 331 g/mol. The first kappa shape index (κ1) is 15.7. The fourth-order valence-corrected chi connectivity index (χ4v) is 4.82. The SMILES string of the molecule is CCc1ccc(S(=O)(=O)NC[C@H](OC)c2ccsc2)s1. The van der Waals surface area contributed by atoms with Crippen molar-refractivity contribution in [1.29, 1.82) is 0 Å². The van der Waals surface area contributed by atoms with Gasteiger partial charge in [0.2, 0.25) is 10.0 Å². The summed E-state index contributed by atoms with van der Waals surface area (Å²) in [7, 11) is -1.87. The highest BCUT2D eigenvalue weighted by Crippen LogP contribution is 2.23. The molecule has 0 saturated heterocycles. The number of aryl methyl sites for hydroxylation is 1. The molecule has 2 rings (SSSR count). The lowest BCUT2D eigenvalue weighted by Gasteiger charge is -2.14. The first-order valence-corrected chi connectivity index (χ1v) is 9.44. The van der Waals surface area contributed by atoms with Crippen molar-refractivity contribution < 1.29 is 13.2 Å². The third-order valence-corrected chi connectivity index (χ3v) is 6.75. The Morgan fingerprint density at radius 2 is 2.15 bits per heavy atom. The van der Waals surface area contributed by atoms with Gasteiger partial charge in [0.05, 0.1) is 6.10 Å². The summed E-state index contributed by atoms with van der Waals surface area (Å²) < 4.78 is 32.7. The highest BCUT2D eigenvalue weighted by molar-refractivity contribution is 7.91. The number of methoxy groups -OCH3 is 1. The molecule has 0 aliphatic carbocycles. The van der Waals surface area contributed by atoms with Crippen molar-refractivity contribution in [1.82, 2.24) is 4.72 Å². The van der Waals surface area contributed by atoms with Gasteiger partial charge in [-0.25, -0.2) is 13.1 Å². The minimum atomic E-state index is -3.45. The molecule has 2 heterocycles. The number of nitrogens with one attached hydrogen (secondary N) is 1. The van der Waals surface area contributed by atoms with Crippen LogP contribution in [0.4, 0.5) is 0 Å². The lowest BCUT2D eigenvalue weighted by molar-refractivity contribution is 0.107. The molecule has 4 nitrogen and oxygen atoms in total. The lowest BCUT2D eigenvalue weighted by atomic mass is 10.2. The van der Waals surface area contributed by atoms with Crippen LogP contribution < -0.4 is 4.72 Å². The van der Waals surface area contributed by atoms with E-state index >= 15 is 0 Å². The van der Waals surface area contributed by atoms with Crippen LogP contribution in [0.3, 0.4) is 0 Å². The molecular formula is C13H17NO3S3. The van der Waals surface area contributed by atoms with Gasteiger partial charge in [-0.3, -0.25) is 0 Å². The zero-order valence-corrected chi connectivity index (χ0v) is 13.8. The molecule has 0 aliphatic rings. The zero-order chi connectivity index (χ0) is 14.6. The van der Waals surface area contributed by atoms with Crippen molar-refractivity contribution in [2.45, 2.75) is 23.7 Å². The molecule has 20 heavy (non-hydrogen) atoms. The Bertz CT molecular complexity index is 632. The standard InChI is InChI=1S/C13H17NO3S3/c1-3-11-4-5-13(19-11)20(15,16)14-8-12(17-2)10-6-7-18-9-10/h4-7,9,12,14H,3,8H2,1-2H3/t12-/m0/s1. The van der Waals surface area contributed by atoms with E-state index in [0.29, 0.717) is 4.21 Å². The minimum absolute atomic E-state index is 0.231. The van der Waals surface area contributed by atoms with Gasteiger partial charge in [0.15, 0.2) is 0 Å². The van der Waals surface area contributed by atoms with E-state index in [-0.39, 0.29) is 12.6 Å². The van der Waals surface area contributed by atoms with E-state index in [2.05, 4.69) is 4.72 Å². The van der Waals surface area contributed by atoms with E-state index in [9.17, 15) is 8.42 Å². The summed E-state index contributed by atoms with van der Waals surface area (Å²) >= 11 is 2.87. The van der Waals surface area contributed by atoms with Crippen molar-refractivity contribution in [3.05, 3.63) is 39.4 Å². The quantitative estimate of drug-likeness (QED) is 0.848. The molecule has 0 saturated carbocycles. The second-order valence-electron chi connectivity index (χ2n) is 4.21. The largest absolute Gasteiger partial charge is 0.375 e. The highest BCUT2D eigenvalue weighted by Gasteiger charge is 2.19. The highest BCUT2D eigenvalue weighted by atomic mass is 32.2. The van der Waals surface area contributed by atoms with Gasteiger partial charge >= 0.3 is 0 Å². The summed E-state index contributed by atoms with van der Waals surface area (Å²) in [6.07, 6.45) is 0.581. The van der Waals surface area contributed by atoms with Crippen LogP contribution in [-0.4, -0.2) is 22.1 Å². The van der Waals surface area contributed by atoms with E-state index in [1.165, 1.54) is 11.3 Å². The maximum absolute atomic E-state index is 12.2.